The standard InChI is InChI=1S/C14H15ClN2O.C8H5ClN2.C6H12O/c1-2-3-4-9-12(18)13-14(15)17-11-8-6-5-7-10(11)16-13;9-8-5-10-6-3-1-2-4-7(6)11-8;1-2-3-4-5-6-7/h5-8H,2-4,9H2,1H3;1-5H;6H,2-5H2,1H3. The largest absolute Gasteiger partial charge is 0.303 e. The average molecular weight is 527 g/mol. The van der Waals surface area contributed by atoms with Gasteiger partial charge in [0.25, 0.3) is 0 Å². The number of aldehydes is 1. The first-order chi connectivity index (χ1) is 17.5. The van der Waals surface area contributed by atoms with Crippen LogP contribution in [0.1, 0.15) is 75.7 Å². The molecule has 8 heteroatoms. The summed E-state index contributed by atoms with van der Waals surface area (Å²) in [5.41, 5.74) is 3.43. The molecule has 6 nitrogen and oxygen atoms in total. The van der Waals surface area contributed by atoms with E-state index in [0.717, 1.165) is 49.4 Å². The Hall–Kier alpha value is -2.96. The van der Waals surface area contributed by atoms with Crippen molar-refractivity contribution in [3.63, 3.8) is 0 Å². The quantitative estimate of drug-likeness (QED) is 0.124. The van der Waals surface area contributed by atoms with Gasteiger partial charge in [0.1, 0.15) is 17.1 Å². The Morgan fingerprint density at radius 3 is 1.94 bits per heavy atom. The molecular weight excluding hydrogens is 495 g/mol. The Balaban J connectivity index is 0.000000215. The summed E-state index contributed by atoms with van der Waals surface area (Å²) in [6, 6.07) is 15.0. The zero-order valence-corrected chi connectivity index (χ0v) is 22.3. The predicted octanol–water partition coefficient (Wildman–Crippen LogP) is 8.10. The molecule has 190 valence electrons. The number of benzene rings is 2. The first kappa shape index (κ1) is 29.3. The second kappa shape index (κ2) is 16.7. The van der Waals surface area contributed by atoms with Crippen molar-refractivity contribution in [1.82, 2.24) is 19.9 Å². The van der Waals surface area contributed by atoms with E-state index in [1.165, 1.54) is 12.8 Å². The first-order valence-corrected chi connectivity index (χ1v) is 13.0. The van der Waals surface area contributed by atoms with Crippen molar-refractivity contribution < 1.29 is 9.59 Å². The molecule has 0 aliphatic heterocycles. The third kappa shape index (κ3) is 9.96. The maximum absolute atomic E-state index is 12.0. The summed E-state index contributed by atoms with van der Waals surface area (Å²) in [7, 11) is 0. The van der Waals surface area contributed by atoms with Crippen molar-refractivity contribution in [3.8, 4) is 0 Å². The van der Waals surface area contributed by atoms with Crippen LogP contribution in [0.4, 0.5) is 0 Å². The lowest BCUT2D eigenvalue weighted by molar-refractivity contribution is -0.107. The Labute approximate surface area is 222 Å². The number of ketones is 1. The highest BCUT2D eigenvalue weighted by atomic mass is 35.5. The van der Waals surface area contributed by atoms with Crippen LogP contribution in [-0.2, 0) is 4.79 Å². The molecule has 36 heavy (non-hydrogen) atoms. The number of para-hydroxylation sites is 4. The van der Waals surface area contributed by atoms with Gasteiger partial charge in [-0.15, -0.1) is 0 Å². The predicted molar refractivity (Wildman–Crippen MR) is 148 cm³/mol. The van der Waals surface area contributed by atoms with E-state index >= 15 is 0 Å². The van der Waals surface area contributed by atoms with Gasteiger partial charge in [-0.2, -0.15) is 0 Å². The van der Waals surface area contributed by atoms with Gasteiger partial charge in [0.2, 0.25) is 0 Å². The minimum absolute atomic E-state index is 0.0216. The molecule has 2 aromatic heterocycles. The minimum atomic E-state index is -0.0216. The molecule has 0 unspecified atom stereocenters. The molecule has 4 aromatic rings. The van der Waals surface area contributed by atoms with E-state index in [1.54, 1.807) is 6.20 Å². The fraction of sp³-hybridized carbons (Fsp3) is 0.357. The molecule has 0 saturated heterocycles. The monoisotopic (exact) mass is 526 g/mol. The number of nitrogens with zero attached hydrogens (tertiary/aromatic N) is 4. The molecule has 0 aliphatic carbocycles. The third-order valence-corrected chi connectivity index (χ3v) is 5.59. The van der Waals surface area contributed by atoms with E-state index in [1.807, 2.05) is 48.5 Å². The Bertz CT molecular complexity index is 1250. The van der Waals surface area contributed by atoms with Gasteiger partial charge in [0, 0.05) is 12.8 Å². The topological polar surface area (TPSA) is 85.7 Å². The van der Waals surface area contributed by atoms with Crippen molar-refractivity contribution in [2.24, 2.45) is 0 Å². The fourth-order valence-electron chi connectivity index (χ4n) is 3.22. The second-order valence-corrected chi connectivity index (χ2v) is 8.82. The Morgan fingerprint density at radius 1 is 0.778 bits per heavy atom. The van der Waals surface area contributed by atoms with Crippen LogP contribution in [0.2, 0.25) is 10.3 Å². The van der Waals surface area contributed by atoms with Crippen LogP contribution in [0.15, 0.2) is 54.7 Å². The number of Topliss-reactive ketones (excluding diaryl/α,β-unsaturated/α-hetero) is 1. The van der Waals surface area contributed by atoms with Crippen LogP contribution in [-0.4, -0.2) is 32.0 Å². The van der Waals surface area contributed by atoms with E-state index in [9.17, 15) is 9.59 Å². The summed E-state index contributed by atoms with van der Waals surface area (Å²) < 4.78 is 0. The number of aromatic nitrogens is 4. The summed E-state index contributed by atoms with van der Waals surface area (Å²) in [4.78, 5) is 38.4. The van der Waals surface area contributed by atoms with E-state index in [4.69, 9.17) is 23.2 Å². The molecule has 0 aliphatic rings. The lowest BCUT2D eigenvalue weighted by atomic mass is 10.1. The number of hydrogen-bond acceptors (Lipinski definition) is 6. The summed E-state index contributed by atoms with van der Waals surface area (Å²) in [5.74, 6) is -0.0216. The molecule has 0 spiro atoms. The zero-order valence-electron chi connectivity index (χ0n) is 20.8. The Kier molecular flexibility index (Phi) is 13.5. The number of carbonyl (C=O) groups is 2. The number of halogens is 2. The molecule has 4 rings (SSSR count). The molecule has 0 radical (unpaired) electrons. The van der Waals surface area contributed by atoms with Crippen molar-refractivity contribution in [1.29, 1.82) is 0 Å². The highest BCUT2D eigenvalue weighted by Crippen LogP contribution is 2.19. The summed E-state index contributed by atoms with van der Waals surface area (Å²) in [5, 5.41) is 0.638. The highest BCUT2D eigenvalue weighted by Gasteiger charge is 2.14. The van der Waals surface area contributed by atoms with Crippen LogP contribution in [0.3, 0.4) is 0 Å². The summed E-state index contributed by atoms with van der Waals surface area (Å²) in [6.45, 7) is 4.23. The molecular formula is C28H32Cl2N4O2. The van der Waals surface area contributed by atoms with Crippen molar-refractivity contribution in [2.75, 3.05) is 0 Å². The molecule has 2 heterocycles. The van der Waals surface area contributed by atoms with Gasteiger partial charge < -0.3 is 4.79 Å². The van der Waals surface area contributed by atoms with E-state index < -0.39 is 0 Å². The van der Waals surface area contributed by atoms with Gasteiger partial charge in [-0.05, 0) is 37.1 Å². The van der Waals surface area contributed by atoms with Crippen LogP contribution in [0.5, 0.6) is 0 Å². The van der Waals surface area contributed by atoms with Gasteiger partial charge in [-0.3, -0.25) is 9.78 Å². The molecule has 0 saturated carbocycles. The van der Waals surface area contributed by atoms with Gasteiger partial charge in [0.15, 0.2) is 10.9 Å². The molecule has 0 atom stereocenters. The maximum atomic E-state index is 12.0. The Morgan fingerprint density at radius 2 is 1.33 bits per heavy atom. The molecule has 0 fully saturated rings. The normalized spacial score (nSPS) is 10.2. The highest BCUT2D eigenvalue weighted by molar-refractivity contribution is 6.32. The summed E-state index contributed by atoms with van der Waals surface area (Å²) >= 11 is 11.7. The third-order valence-electron chi connectivity index (χ3n) is 5.14. The molecule has 0 bridgehead atoms. The lowest BCUT2D eigenvalue weighted by Crippen LogP contribution is -2.05. The van der Waals surface area contributed by atoms with Crippen LogP contribution in [0.25, 0.3) is 22.1 Å². The van der Waals surface area contributed by atoms with E-state index in [2.05, 4.69) is 33.8 Å². The summed E-state index contributed by atoms with van der Waals surface area (Å²) in [6.07, 6.45) is 10.2. The molecule has 0 amide bonds. The zero-order chi connectivity index (χ0) is 26.2. The number of carbonyl (C=O) groups excluding carboxylic acids is 2. The van der Waals surface area contributed by atoms with Crippen molar-refractivity contribution in [2.45, 2.75) is 65.2 Å². The maximum Gasteiger partial charge on any atom is 0.184 e. The number of fused-ring (bicyclic) bond motifs is 2. The SMILES string of the molecule is CCCCCC(=O)c1nc2ccccc2nc1Cl.CCCCCC=O.Clc1cnc2ccccc2n1. The van der Waals surface area contributed by atoms with Crippen LogP contribution in [0, 0.1) is 0 Å². The first-order valence-electron chi connectivity index (χ1n) is 12.3. The van der Waals surface area contributed by atoms with Crippen LogP contribution >= 0.6 is 23.2 Å². The molecule has 0 N–H and O–H groups in total. The lowest BCUT2D eigenvalue weighted by Gasteiger charge is -2.04. The smallest absolute Gasteiger partial charge is 0.184 e. The van der Waals surface area contributed by atoms with Crippen molar-refractivity contribution in [3.05, 3.63) is 70.7 Å². The number of unbranched alkanes of at least 4 members (excludes halogenated alkanes) is 5. The van der Waals surface area contributed by atoms with Gasteiger partial charge in [-0.25, -0.2) is 15.0 Å². The number of hydrogen-bond donors (Lipinski definition) is 0. The van der Waals surface area contributed by atoms with Gasteiger partial charge in [-0.1, -0.05) is 87.0 Å². The second-order valence-electron chi connectivity index (χ2n) is 8.08. The average Bonchev–Trinajstić information content (AvgIpc) is 2.89. The minimum Gasteiger partial charge on any atom is -0.303 e. The fourth-order valence-corrected chi connectivity index (χ4v) is 3.60. The van der Waals surface area contributed by atoms with E-state index in [-0.39, 0.29) is 10.9 Å². The number of rotatable bonds is 9. The van der Waals surface area contributed by atoms with Crippen molar-refractivity contribution >= 4 is 57.3 Å². The molecule has 2 aromatic carbocycles. The van der Waals surface area contributed by atoms with Gasteiger partial charge >= 0.3 is 0 Å². The van der Waals surface area contributed by atoms with Crippen LogP contribution < -0.4 is 0 Å². The van der Waals surface area contributed by atoms with Gasteiger partial charge in [0.05, 0.1) is 28.3 Å². The van der Waals surface area contributed by atoms with E-state index in [0.29, 0.717) is 28.3 Å².